The van der Waals surface area contributed by atoms with E-state index in [2.05, 4.69) is 25.4 Å². The van der Waals surface area contributed by atoms with Gasteiger partial charge in [-0.15, -0.1) is 0 Å². The predicted octanol–water partition coefficient (Wildman–Crippen LogP) is 2.84. The van der Waals surface area contributed by atoms with E-state index in [1.54, 1.807) is 6.07 Å². The number of hydrogen-bond donors (Lipinski definition) is 0. The molecule has 0 heterocycles. The molecule has 0 amide bonds. The van der Waals surface area contributed by atoms with E-state index < -0.39 is 18.3 Å². The van der Waals surface area contributed by atoms with E-state index in [0.29, 0.717) is 5.56 Å². The highest BCUT2D eigenvalue weighted by Crippen LogP contribution is 2.30. The van der Waals surface area contributed by atoms with Crippen LogP contribution in [0.3, 0.4) is 0 Å². The van der Waals surface area contributed by atoms with Crippen molar-refractivity contribution in [3.8, 4) is 11.8 Å². The Bertz CT molecular complexity index is 500. The summed E-state index contributed by atoms with van der Waals surface area (Å²) in [6, 6.07) is 4.47. The highest BCUT2D eigenvalue weighted by atomic mass is 79.9. The molecule has 0 saturated carbocycles. The van der Waals surface area contributed by atoms with Gasteiger partial charge in [-0.05, 0) is 11.6 Å². The molecule has 0 bridgehead atoms. The number of alkyl halides is 3. The van der Waals surface area contributed by atoms with Crippen LogP contribution < -0.4 is 4.74 Å². The Labute approximate surface area is 110 Å². The maximum Gasteiger partial charge on any atom is 0.387 e. The van der Waals surface area contributed by atoms with Crippen LogP contribution in [0.25, 0.3) is 0 Å². The standard InChI is InChI=1S/C11H8BrF2NO3/c1-17-10(16)8-6(4-12)2-3-7(5-15)9(8)18-11(13)14/h2-3,11H,4H2,1H3. The van der Waals surface area contributed by atoms with Gasteiger partial charge in [-0.3, -0.25) is 0 Å². The summed E-state index contributed by atoms with van der Waals surface area (Å²) >= 11 is 3.12. The Morgan fingerprint density at radius 3 is 2.67 bits per heavy atom. The summed E-state index contributed by atoms with van der Waals surface area (Å²) in [5.41, 5.74) is 0.0747. The van der Waals surface area contributed by atoms with Crippen molar-refractivity contribution >= 4 is 21.9 Å². The number of halogens is 3. The smallest absolute Gasteiger partial charge is 0.387 e. The fourth-order valence-corrected chi connectivity index (χ4v) is 1.83. The maximum absolute atomic E-state index is 12.3. The molecule has 1 aromatic rings. The first-order valence-electron chi connectivity index (χ1n) is 4.70. The number of nitriles is 1. The van der Waals surface area contributed by atoms with Crippen LogP contribution in [0.5, 0.6) is 5.75 Å². The summed E-state index contributed by atoms with van der Waals surface area (Å²) in [6.07, 6.45) is 0. The van der Waals surface area contributed by atoms with Gasteiger partial charge in [-0.1, -0.05) is 22.0 Å². The van der Waals surface area contributed by atoms with Gasteiger partial charge in [-0.25, -0.2) is 4.79 Å². The summed E-state index contributed by atoms with van der Waals surface area (Å²) in [6.45, 7) is -3.13. The lowest BCUT2D eigenvalue weighted by molar-refractivity contribution is -0.0506. The maximum atomic E-state index is 12.3. The normalized spacial score (nSPS) is 10.0. The number of esters is 1. The first kappa shape index (κ1) is 14.4. The topological polar surface area (TPSA) is 59.3 Å². The number of methoxy groups -OCH3 is 1. The summed E-state index contributed by atoms with van der Waals surface area (Å²) in [5.74, 6) is -1.30. The van der Waals surface area contributed by atoms with Crippen LogP contribution in [0.15, 0.2) is 12.1 Å². The third-order valence-corrected chi connectivity index (χ3v) is 2.71. The molecule has 1 aromatic carbocycles. The van der Waals surface area contributed by atoms with Crippen LogP contribution in [-0.2, 0) is 10.1 Å². The van der Waals surface area contributed by atoms with Gasteiger partial charge in [0.1, 0.15) is 11.6 Å². The fourth-order valence-electron chi connectivity index (χ4n) is 1.36. The fraction of sp³-hybridized carbons (Fsp3) is 0.273. The van der Waals surface area contributed by atoms with Crippen molar-refractivity contribution in [3.63, 3.8) is 0 Å². The van der Waals surface area contributed by atoms with Gasteiger partial charge >= 0.3 is 12.6 Å². The van der Waals surface area contributed by atoms with Gasteiger partial charge in [0.25, 0.3) is 0 Å². The van der Waals surface area contributed by atoms with E-state index >= 15 is 0 Å². The number of ether oxygens (including phenoxy) is 2. The second-order valence-electron chi connectivity index (χ2n) is 3.09. The summed E-state index contributed by atoms with van der Waals surface area (Å²) < 4.78 is 33.4. The highest BCUT2D eigenvalue weighted by molar-refractivity contribution is 9.08. The van der Waals surface area contributed by atoms with Gasteiger partial charge < -0.3 is 9.47 Å². The molecule has 4 nitrogen and oxygen atoms in total. The molecule has 0 fully saturated rings. The quantitative estimate of drug-likeness (QED) is 0.632. The Morgan fingerprint density at radius 1 is 1.56 bits per heavy atom. The average Bonchev–Trinajstić information content (AvgIpc) is 2.36. The number of nitrogens with zero attached hydrogens (tertiary/aromatic N) is 1. The first-order valence-corrected chi connectivity index (χ1v) is 5.82. The minimum atomic E-state index is -3.13. The van der Waals surface area contributed by atoms with E-state index in [4.69, 9.17) is 5.26 Å². The molecule has 0 spiro atoms. The van der Waals surface area contributed by atoms with Crippen LogP contribution in [0.1, 0.15) is 21.5 Å². The van der Waals surface area contributed by atoms with Crippen molar-refractivity contribution in [1.29, 1.82) is 5.26 Å². The van der Waals surface area contributed by atoms with Crippen LogP contribution in [-0.4, -0.2) is 19.7 Å². The zero-order valence-corrected chi connectivity index (χ0v) is 10.8. The van der Waals surface area contributed by atoms with Crippen LogP contribution in [0.2, 0.25) is 0 Å². The van der Waals surface area contributed by atoms with E-state index in [-0.39, 0.29) is 16.5 Å². The first-order chi connectivity index (χ1) is 8.54. The molecule has 18 heavy (non-hydrogen) atoms. The van der Waals surface area contributed by atoms with Crippen molar-refractivity contribution in [3.05, 3.63) is 28.8 Å². The van der Waals surface area contributed by atoms with E-state index in [0.717, 1.165) is 7.11 Å². The number of carbonyl (C=O) groups excluding carboxylic acids is 1. The van der Waals surface area contributed by atoms with Crippen molar-refractivity contribution in [2.24, 2.45) is 0 Å². The predicted molar refractivity (Wildman–Crippen MR) is 61.8 cm³/mol. The van der Waals surface area contributed by atoms with E-state index in [9.17, 15) is 13.6 Å². The molecular formula is C11H8BrF2NO3. The Morgan fingerprint density at radius 2 is 2.22 bits per heavy atom. The molecule has 0 aliphatic rings. The molecule has 0 N–H and O–H groups in total. The molecule has 96 valence electrons. The third-order valence-electron chi connectivity index (χ3n) is 2.10. The van der Waals surface area contributed by atoms with E-state index in [1.165, 1.54) is 12.1 Å². The largest absolute Gasteiger partial charge is 0.465 e. The molecule has 0 aliphatic carbocycles. The minimum Gasteiger partial charge on any atom is -0.465 e. The lowest BCUT2D eigenvalue weighted by atomic mass is 10.0. The number of benzene rings is 1. The zero-order valence-electron chi connectivity index (χ0n) is 9.25. The van der Waals surface area contributed by atoms with E-state index in [1.807, 2.05) is 0 Å². The summed E-state index contributed by atoms with van der Waals surface area (Å²) in [5, 5.41) is 9.07. The number of rotatable bonds is 4. The summed E-state index contributed by atoms with van der Waals surface area (Å²) in [4.78, 5) is 11.6. The lowest BCUT2D eigenvalue weighted by Gasteiger charge is -2.13. The van der Waals surface area contributed by atoms with Gasteiger partial charge in [0.15, 0.2) is 5.75 Å². The molecule has 0 atom stereocenters. The number of carbonyl (C=O) groups is 1. The Kier molecular flexibility index (Phi) is 5.04. The van der Waals surface area contributed by atoms with Crippen LogP contribution >= 0.6 is 15.9 Å². The molecule has 0 unspecified atom stereocenters. The Balaban J connectivity index is 3.48. The highest BCUT2D eigenvalue weighted by Gasteiger charge is 2.23. The SMILES string of the molecule is COC(=O)c1c(CBr)ccc(C#N)c1OC(F)F. The molecular weight excluding hydrogens is 312 g/mol. The average molecular weight is 320 g/mol. The molecule has 1 rings (SSSR count). The van der Waals surface area contributed by atoms with Gasteiger partial charge in [-0.2, -0.15) is 14.0 Å². The summed E-state index contributed by atoms with van der Waals surface area (Å²) in [7, 11) is 1.12. The molecule has 0 saturated heterocycles. The van der Waals surface area contributed by atoms with Crippen LogP contribution in [0.4, 0.5) is 8.78 Å². The van der Waals surface area contributed by atoms with Crippen molar-refractivity contribution in [2.45, 2.75) is 11.9 Å². The van der Waals surface area contributed by atoms with Gasteiger partial charge in [0.2, 0.25) is 0 Å². The second-order valence-corrected chi connectivity index (χ2v) is 3.65. The third kappa shape index (κ3) is 2.96. The molecule has 0 radical (unpaired) electrons. The monoisotopic (exact) mass is 319 g/mol. The second kappa shape index (κ2) is 6.31. The van der Waals surface area contributed by atoms with Gasteiger partial charge in [0, 0.05) is 5.33 Å². The lowest BCUT2D eigenvalue weighted by Crippen LogP contribution is -2.13. The Hall–Kier alpha value is -1.68. The number of hydrogen-bond acceptors (Lipinski definition) is 4. The molecule has 0 aromatic heterocycles. The van der Waals surface area contributed by atoms with Gasteiger partial charge in [0.05, 0.1) is 12.7 Å². The molecule has 0 aliphatic heterocycles. The van der Waals surface area contributed by atoms with Crippen molar-refractivity contribution in [2.75, 3.05) is 7.11 Å². The molecule has 7 heteroatoms. The zero-order chi connectivity index (χ0) is 13.7. The minimum absolute atomic E-state index is 0.152. The van der Waals surface area contributed by atoms with Crippen LogP contribution in [0, 0.1) is 11.3 Å². The van der Waals surface area contributed by atoms with Crippen molar-refractivity contribution in [1.82, 2.24) is 0 Å². The van der Waals surface area contributed by atoms with Crippen molar-refractivity contribution < 1.29 is 23.0 Å².